The summed E-state index contributed by atoms with van der Waals surface area (Å²) in [5.41, 5.74) is 2.76. The van der Waals surface area contributed by atoms with Crippen molar-refractivity contribution in [3.8, 4) is 5.75 Å². The molecule has 7 heteroatoms. The molecular weight excluding hydrogens is 339 g/mol. The second kappa shape index (κ2) is 7.57. The first-order chi connectivity index (χ1) is 12.1. The zero-order valence-electron chi connectivity index (χ0n) is 14.1. The third-order valence-electron chi connectivity index (χ3n) is 3.83. The number of thioether (sulfide) groups is 1. The fraction of sp³-hybridized carbons (Fsp3) is 0.222. The summed E-state index contributed by atoms with van der Waals surface area (Å²) in [6, 6.07) is 12.6. The van der Waals surface area contributed by atoms with Crippen LogP contribution in [0.4, 0.5) is 4.39 Å². The number of nitrogen functional groups attached to an aromatic ring is 1. The number of hydrogen-bond acceptors (Lipinski definition) is 5. The van der Waals surface area contributed by atoms with Gasteiger partial charge in [0.15, 0.2) is 5.82 Å². The van der Waals surface area contributed by atoms with Crippen molar-refractivity contribution in [2.24, 2.45) is 0 Å². The number of benzene rings is 2. The minimum absolute atomic E-state index is 0.274. The largest absolute Gasteiger partial charge is 0.496 e. The number of hydrogen-bond donors (Lipinski definition) is 1. The molecule has 2 N–H and O–H groups in total. The van der Waals surface area contributed by atoms with Gasteiger partial charge in [-0.1, -0.05) is 47.7 Å². The lowest BCUT2D eigenvalue weighted by molar-refractivity contribution is 0.411. The lowest BCUT2D eigenvalue weighted by Crippen LogP contribution is -2.14. The quantitative estimate of drug-likeness (QED) is 0.541. The van der Waals surface area contributed by atoms with Gasteiger partial charge in [0.25, 0.3) is 0 Å². The zero-order valence-corrected chi connectivity index (χ0v) is 14.9. The van der Waals surface area contributed by atoms with Crippen LogP contribution in [0.5, 0.6) is 5.75 Å². The molecule has 0 aliphatic carbocycles. The summed E-state index contributed by atoms with van der Waals surface area (Å²) < 4.78 is 20.6. The molecule has 0 saturated carbocycles. The van der Waals surface area contributed by atoms with Crippen molar-refractivity contribution < 1.29 is 9.13 Å². The summed E-state index contributed by atoms with van der Waals surface area (Å²) in [5, 5.41) is 8.79. The number of ether oxygens (including phenoxy) is 1. The fourth-order valence-corrected chi connectivity index (χ4v) is 3.35. The normalized spacial score (nSPS) is 10.8. The van der Waals surface area contributed by atoms with E-state index in [1.807, 2.05) is 19.1 Å². The molecule has 1 heterocycles. The molecule has 3 rings (SSSR count). The van der Waals surface area contributed by atoms with E-state index in [1.54, 1.807) is 25.3 Å². The third kappa shape index (κ3) is 3.93. The van der Waals surface area contributed by atoms with Crippen LogP contribution in [-0.4, -0.2) is 22.0 Å². The Labute approximate surface area is 150 Å². The maximum Gasteiger partial charge on any atom is 0.210 e. The molecule has 0 atom stereocenters. The van der Waals surface area contributed by atoms with Crippen molar-refractivity contribution in [2.75, 3.05) is 13.0 Å². The van der Waals surface area contributed by atoms with E-state index in [4.69, 9.17) is 10.6 Å². The molecule has 0 spiro atoms. The Morgan fingerprint density at radius 1 is 1.16 bits per heavy atom. The van der Waals surface area contributed by atoms with Crippen LogP contribution in [0.2, 0.25) is 0 Å². The Bertz CT molecular complexity index is 881. The van der Waals surface area contributed by atoms with Gasteiger partial charge in [0, 0.05) is 17.7 Å². The Balaban J connectivity index is 1.74. The molecule has 0 bridgehead atoms. The van der Waals surface area contributed by atoms with Crippen LogP contribution in [0.1, 0.15) is 22.5 Å². The number of nitrogens with two attached hydrogens (primary N) is 1. The molecule has 0 aliphatic heterocycles. The predicted octanol–water partition coefficient (Wildman–Crippen LogP) is 3.33. The first-order valence-corrected chi connectivity index (χ1v) is 8.76. The summed E-state index contributed by atoms with van der Waals surface area (Å²) in [6.45, 7) is 2.03. The highest BCUT2D eigenvalue weighted by atomic mass is 32.2. The van der Waals surface area contributed by atoms with Crippen molar-refractivity contribution in [1.29, 1.82) is 0 Å². The van der Waals surface area contributed by atoms with E-state index in [9.17, 15) is 4.39 Å². The van der Waals surface area contributed by atoms with Crippen LogP contribution in [-0.2, 0) is 12.2 Å². The van der Waals surface area contributed by atoms with Crippen molar-refractivity contribution in [3.63, 3.8) is 0 Å². The monoisotopic (exact) mass is 358 g/mol. The molecule has 2 aromatic carbocycles. The van der Waals surface area contributed by atoms with E-state index in [2.05, 4.69) is 16.3 Å². The summed E-state index contributed by atoms with van der Waals surface area (Å²) in [5.74, 6) is 7.81. The SMILES string of the molecule is COc1ccc(C)cc1CSc1nnc(Cc2ccccc2F)n1N. The second-order valence-electron chi connectivity index (χ2n) is 5.64. The summed E-state index contributed by atoms with van der Waals surface area (Å²) in [6.07, 6.45) is 0.296. The highest BCUT2D eigenvalue weighted by molar-refractivity contribution is 7.98. The van der Waals surface area contributed by atoms with E-state index in [0.29, 0.717) is 28.7 Å². The zero-order chi connectivity index (χ0) is 17.8. The molecule has 1 aromatic heterocycles. The first-order valence-electron chi connectivity index (χ1n) is 7.77. The second-order valence-corrected chi connectivity index (χ2v) is 6.58. The van der Waals surface area contributed by atoms with Crippen LogP contribution < -0.4 is 10.6 Å². The Morgan fingerprint density at radius 3 is 2.72 bits per heavy atom. The molecule has 0 radical (unpaired) electrons. The molecule has 0 saturated heterocycles. The van der Waals surface area contributed by atoms with E-state index in [1.165, 1.54) is 22.5 Å². The number of nitrogens with zero attached hydrogens (tertiary/aromatic N) is 3. The van der Waals surface area contributed by atoms with Crippen molar-refractivity contribution in [3.05, 3.63) is 70.8 Å². The topological polar surface area (TPSA) is 66.0 Å². The van der Waals surface area contributed by atoms with E-state index >= 15 is 0 Å². The summed E-state index contributed by atoms with van der Waals surface area (Å²) in [7, 11) is 1.65. The molecule has 0 amide bonds. The fourth-order valence-electron chi connectivity index (χ4n) is 2.50. The first kappa shape index (κ1) is 17.3. The minimum Gasteiger partial charge on any atom is -0.496 e. The van der Waals surface area contributed by atoms with E-state index < -0.39 is 0 Å². The molecule has 0 aliphatic rings. The molecular formula is C18H19FN4OS. The molecule has 0 unspecified atom stereocenters. The van der Waals surface area contributed by atoms with Crippen molar-refractivity contribution in [2.45, 2.75) is 24.3 Å². The molecule has 130 valence electrons. The van der Waals surface area contributed by atoms with Gasteiger partial charge in [-0.15, -0.1) is 10.2 Å². The summed E-state index contributed by atoms with van der Waals surface area (Å²) in [4.78, 5) is 0. The highest BCUT2D eigenvalue weighted by Gasteiger charge is 2.14. The maximum atomic E-state index is 13.8. The van der Waals surface area contributed by atoms with E-state index in [-0.39, 0.29) is 5.82 Å². The standard InChI is InChI=1S/C18H19FN4OS/c1-12-7-8-16(24-2)14(9-12)11-25-18-22-21-17(23(18)20)10-13-5-3-4-6-15(13)19/h3-9H,10-11,20H2,1-2H3. The van der Waals surface area contributed by atoms with Gasteiger partial charge in [-0.25, -0.2) is 9.07 Å². The van der Waals surface area contributed by atoms with Gasteiger partial charge < -0.3 is 10.6 Å². The van der Waals surface area contributed by atoms with Crippen LogP contribution in [0.25, 0.3) is 0 Å². The lowest BCUT2D eigenvalue weighted by atomic mass is 10.1. The van der Waals surface area contributed by atoms with Gasteiger partial charge in [-0.3, -0.25) is 0 Å². The number of aromatic nitrogens is 3. The Hall–Kier alpha value is -2.54. The third-order valence-corrected chi connectivity index (χ3v) is 4.83. The van der Waals surface area contributed by atoms with Gasteiger partial charge in [0.1, 0.15) is 11.6 Å². The maximum absolute atomic E-state index is 13.8. The van der Waals surface area contributed by atoms with Crippen molar-refractivity contribution >= 4 is 11.8 Å². The van der Waals surface area contributed by atoms with Crippen LogP contribution in [0.3, 0.4) is 0 Å². The molecule has 5 nitrogen and oxygen atoms in total. The average Bonchev–Trinajstić information content (AvgIpc) is 2.95. The van der Waals surface area contributed by atoms with Gasteiger partial charge >= 0.3 is 0 Å². The number of methoxy groups -OCH3 is 1. The number of halogens is 1. The predicted molar refractivity (Wildman–Crippen MR) is 96.7 cm³/mol. The van der Waals surface area contributed by atoms with Crippen LogP contribution in [0.15, 0.2) is 47.6 Å². The van der Waals surface area contributed by atoms with Gasteiger partial charge in [-0.2, -0.15) is 0 Å². The lowest BCUT2D eigenvalue weighted by Gasteiger charge is -2.09. The highest BCUT2D eigenvalue weighted by Crippen LogP contribution is 2.28. The van der Waals surface area contributed by atoms with Gasteiger partial charge in [0.2, 0.25) is 5.16 Å². The Morgan fingerprint density at radius 2 is 1.96 bits per heavy atom. The molecule has 25 heavy (non-hydrogen) atoms. The Kier molecular flexibility index (Phi) is 5.23. The van der Waals surface area contributed by atoms with Gasteiger partial charge in [0.05, 0.1) is 7.11 Å². The number of rotatable bonds is 6. The van der Waals surface area contributed by atoms with Crippen LogP contribution in [0, 0.1) is 12.7 Å². The smallest absolute Gasteiger partial charge is 0.210 e. The van der Waals surface area contributed by atoms with E-state index in [0.717, 1.165) is 16.9 Å². The molecule has 3 aromatic rings. The minimum atomic E-state index is -0.274. The number of aryl methyl sites for hydroxylation is 1. The van der Waals surface area contributed by atoms with Crippen LogP contribution >= 0.6 is 11.8 Å². The average molecular weight is 358 g/mol. The van der Waals surface area contributed by atoms with Gasteiger partial charge in [-0.05, 0) is 24.6 Å². The van der Waals surface area contributed by atoms with Crippen molar-refractivity contribution in [1.82, 2.24) is 14.9 Å². The summed E-state index contributed by atoms with van der Waals surface area (Å²) >= 11 is 1.46. The molecule has 0 fully saturated rings.